The molecule has 1 heterocycles. The van der Waals surface area contributed by atoms with Crippen molar-refractivity contribution in [2.24, 2.45) is 9.98 Å². The number of benzene rings is 4. The number of rotatable bonds is 7. The summed E-state index contributed by atoms with van der Waals surface area (Å²) < 4.78 is 39.9. The van der Waals surface area contributed by atoms with Gasteiger partial charge in [-0.1, -0.05) is 35.9 Å². The predicted octanol–water partition coefficient (Wildman–Crippen LogP) is 6.27. The van der Waals surface area contributed by atoms with Crippen molar-refractivity contribution in [3.8, 4) is 11.5 Å². The van der Waals surface area contributed by atoms with E-state index < -0.39 is 10.0 Å². The van der Waals surface area contributed by atoms with Gasteiger partial charge >= 0.3 is 0 Å². The molecular weight excluding hydrogens is 544 g/mol. The van der Waals surface area contributed by atoms with Crippen molar-refractivity contribution >= 4 is 56.1 Å². The minimum absolute atomic E-state index is 0.00583. The zero-order valence-electron chi connectivity index (χ0n) is 22.1. The lowest BCUT2D eigenvalue weighted by Crippen LogP contribution is -2.38. The molecule has 0 unspecified atom stereocenters. The molecule has 0 saturated carbocycles. The molecule has 4 aromatic rings. The van der Waals surface area contributed by atoms with E-state index in [9.17, 15) is 8.42 Å². The van der Waals surface area contributed by atoms with E-state index in [1.165, 1.54) is 0 Å². The summed E-state index contributed by atoms with van der Waals surface area (Å²) in [5.41, 5.74) is 2.64. The SMILES string of the molecule is COc1ccc(N=C2C(=Nc3ccc(OC)cc3)N(S(=O)(=O)c3ccc(C)cc3)C(=S)N2c2ccccc2)cc1. The summed E-state index contributed by atoms with van der Waals surface area (Å²) >= 11 is 5.85. The quantitative estimate of drug-likeness (QED) is 0.244. The van der Waals surface area contributed by atoms with E-state index in [1.54, 1.807) is 91.9 Å². The van der Waals surface area contributed by atoms with Crippen LogP contribution in [0.4, 0.5) is 17.1 Å². The van der Waals surface area contributed by atoms with Gasteiger partial charge in [-0.2, -0.15) is 4.31 Å². The summed E-state index contributed by atoms with van der Waals surface area (Å²) in [6, 6.07) is 29.9. The minimum atomic E-state index is -4.17. The second-order valence-electron chi connectivity index (χ2n) is 8.80. The van der Waals surface area contributed by atoms with Crippen LogP contribution < -0.4 is 14.4 Å². The molecule has 5 rings (SSSR count). The Morgan fingerprint density at radius 2 is 1.18 bits per heavy atom. The third kappa shape index (κ3) is 5.31. The Hall–Kier alpha value is -4.54. The number of aryl methyl sites for hydroxylation is 1. The largest absolute Gasteiger partial charge is 0.497 e. The Morgan fingerprint density at radius 1 is 0.675 bits per heavy atom. The molecule has 0 amide bonds. The number of thiocarbonyl (C=S) groups is 1. The Balaban J connectivity index is 1.76. The highest BCUT2D eigenvalue weighted by molar-refractivity contribution is 7.92. The molecule has 4 aromatic carbocycles. The molecule has 40 heavy (non-hydrogen) atoms. The molecule has 1 fully saturated rings. The fourth-order valence-corrected chi connectivity index (χ4v) is 5.96. The molecule has 10 heteroatoms. The number of para-hydroxylation sites is 1. The van der Waals surface area contributed by atoms with E-state index in [0.29, 0.717) is 28.6 Å². The maximum atomic E-state index is 14.2. The zero-order valence-corrected chi connectivity index (χ0v) is 23.7. The van der Waals surface area contributed by atoms with Gasteiger partial charge < -0.3 is 9.47 Å². The molecule has 0 aliphatic carbocycles. The lowest BCUT2D eigenvalue weighted by Gasteiger charge is -2.20. The molecule has 1 saturated heterocycles. The van der Waals surface area contributed by atoms with Gasteiger partial charge in [0.1, 0.15) is 11.5 Å². The molecule has 8 nitrogen and oxygen atoms in total. The minimum Gasteiger partial charge on any atom is -0.497 e. The van der Waals surface area contributed by atoms with E-state index in [2.05, 4.69) is 0 Å². The molecule has 1 aliphatic rings. The third-order valence-electron chi connectivity index (χ3n) is 6.16. The number of amidine groups is 2. The highest BCUT2D eigenvalue weighted by Crippen LogP contribution is 2.32. The van der Waals surface area contributed by atoms with Crippen molar-refractivity contribution in [3.05, 3.63) is 109 Å². The Bertz CT molecular complexity index is 1690. The standard InChI is InChI=1S/C30H26N4O4S2/c1-21-9-19-27(20-10-21)40(35,36)34-29(32-23-13-17-26(38-3)18-14-23)28(31-22-11-15-25(37-2)16-12-22)33(30(34)39)24-7-5-4-6-8-24/h4-20H,1-3H3. The van der Waals surface area contributed by atoms with Gasteiger partial charge in [-0.25, -0.2) is 18.4 Å². The topological polar surface area (TPSA) is 83.8 Å². The average molecular weight is 571 g/mol. The van der Waals surface area contributed by atoms with Crippen LogP contribution in [0.2, 0.25) is 0 Å². The van der Waals surface area contributed by atoms with Crippen molar-refractivity contribution in [2.45, 2.75) is 11.8 Å². The molecule has 0 atom stereocenters. The van der Waals surface area contributed by atoms with E-state index in [-0.39, 0.29) is 21.7 Å². The first kappa shape index (κ1) is 27.0. The maximum absolute atomic E-state index is 14.2. The van der Waals surface area contributed by atoms with Crippen molar-refractivity contribution in [1.82, 2.24) is 4.31 Å². The number of hydrogen-bond acceptors (Lipinski definition) is 7. The first-order chi connectivity index (χ1) is 19.3. The maximum Gasteiger partial charge on any atom is 0.271 e. The number of methoxy groups -OCH3 is 2. The smallest absolute Gasteiger partial charge is 0.271 e. The second kappa shape index (κ2) is 11.3. The molecular formula is C30H26N4O4S2. The van der Waals surface area contributed by atoms with E-state index in [4.69, 9.17) is 31.7 Å². The summed E-state index contributed by atoms with van der Waals surface area (Å²) in [5.74, 6) is 1.64. The summed E-state index contributed by atoms with van der Waals surface area (Å²) in [6.07, 6.45) is 0. The van der Waals surface area contributed by atoms with Crippen molar-refractivity contribution in [3.63, 3.8) is 0 Å². The van der Waals surface area contributed by atoms with Crippen LogP contribution in [0.3, 0.4) is 0 Å². The van der Waals surface area contributed by atoms with Crippen molar-refractivity contribution in [2.75, 3.05) is 19.1 Å². The number of nitrogens with zero attached hydrogens (tertiary/aromatic N) is 4. The van der Waals surface area contributed by atoms with Gasteiger partial charge in [-0.05, 0) is 91.9 Å². The van der Waals surface area contributed by atoms with Crippen LogP contribution in [0.25, 0.3) is 0 Å². The molecule has 0 N–H and O–H groups in total. The fourth-order valence-electron chi connectivity index (χ4n) is 4.06. The number of sulfonamides is 1. The summed E-state index contributed by atoms with van der Waals surface area (Å²) in [6.45, 7) is 1.89. The highest BCUT2D eigenvalue weighted by Gasteiger charge is 2.46. The Labute approximate surface area is 238 Å². The first-order valence-corrected chi connectivity index (χ1v) is 14.1. The van der Waals surface area contributed by atoms with E-state index in [1.807, 2.05) is 37.3 Å². The second-order valence-corrected chi connectivity index (χ2v) is 11.0. The van der Waals surface area contributed by atoms with E-state index in [0.717, 1.165) is 9.87 Å². The van der Waals surface area contributed by atoms with Gasteiger partial charge in [0.05, 0.1) is 36.2 Å². The molecule has 0 spiro atoms. The molecule has 202 valence electrons. The van der Waals surface area contributed by atoms with Gasteiger partial charge in [0, 0.05) is 0 Å². The molecule has 0 aromatic heterocycles. The molecule has 1 aliphatic heterocycles. The van der Waals surface area contributed by atoms with Crippen LogP contribution >= 0.6 is 12.2 Å². The lowest BCUT2D eigenvalue weighted by molar-refractivity contribution is 0.414. The summed E-state index contributed by atoms with van der Waals surface area (Å²) in [4.78, 5) is 11.4. The van der Waals surface area contributed by atoms with Crippen molar-refractivity contribution < 1.29 is 17.9 Å². The number of hydrogen-bond donors (Lipinski definition) is 0. The summed E-state index contributed by atoms with van der Waals surface area (Å²) in [7, 11) is -1.01. The third-order valence-corrected chi connectivity index (χ3v) is 8.33. The molecule has 0 radical (unpaired) electrons. The summed E-state index contributed by atoms with van der Waals surface area (Å²) in [5, 5.41) is 0.00583. The van der Waals surface area contributed by atoms with Crippen molar-refractivity contribution in [1.29, 1.82) is 0 Å². The first-order valence-electron chi connectivity index (χ1n) is 12.3. The number of ether oxygens (including phenoxy) is 2. The zero-order chi connectivity index (χ0) is 28.3. The fraction of sp³-hybridized carbons (Fsp3) is 0.100. The highest BCUT2D eigenvalue weighted by atomic mass is 32.2. The van der Waals surface area contributed by atoms with Crippen LogP contribution in [0.1, 0.15) is 5.56 Å². The van der Waals surface area contributed by atoms with Gasteiger partial charge in [0.25, 0.3) is 10.0 Å². The monoisotopic (exact) mass is 570 g/mol. The lowest BCUT2D eigenvalue weighted by atomic mass is 10.2. The van der Waals surface area contributed by atoms with Gasteiger partial charge in [-0.3, -0.25) is 4.90 Å². The van der Waals surface area contributed by atoms with Crippen LogP contribution in [-0.2, 0) is 10.0 Å². The van der Waals surface area contributed by atoms with E-state index >= 15 is 0 Å². The molecule has 0 bridgehead atoms. The predicted molar refractivity (Wildman–Crippen MR) is 162 cm³/mol. The van der Waals surface area contributed by atoms with Crippen LogP contribution in [-0.4, -0.2) is 43.7 Å². The average Bonchev–Trinajstić information content (AvgIpc) is 3.25. The van der Waals surface area contributed by atoms with Gasteiger partial charge in [0.2, 0.25) is 5.11 Å². The van der Waals surface area contributed by atoms with Crippen LogP contribution in [0.15, 0.2) is 118 Å². The number of anilines is 1. The van der Waals surface area contributed by atoms with Crippen LogP contribution in [0, 0.1) is 6.92 Å². The van der Waals surface area contributed by atoms with Gasteiger partial charge in [-0.15, -0.1) is 0 Å². The van der Waals surface area contributed by atoms with Gasteiger partial charge in [0.15, 0.2) is 11.7 Å². The normalized spacial score (nSPS) is 15.6. The van der Waals surface area contributed by atoms with Crippen LogP contribution in [0.5, 0.6) is 11.5 Å². The Morgan fingerprint density at radius 3 is 1.68 bits per heavy atom. The Kier molecular flexibility index (Phi) is 7.63. The number of aliphatic imine (C=N–C) groups is 2.